The summed E-state index contributed by atoms with van der Waals surface area (Å²) < 4.78 is 27.7. The zero-order chi connectivity index (χ0) is 12.9. The molecule has 98 valence electrons. The number of nitrogens with zero attached hydrogens (tertiary/aromatic N) is 1. The first-order valence-electron chi connectivity index (χ1n) is 5.28. The molecule has 0 spiro atoms. The fourth-order valence-electron chi connectivity index (χ4n) is 1.16. The van der Waals surface area contributed by atoms with Crippen LogP contribution >= 0.6 is 11.3 Å². The van der Waals surface area contributed by atoms with Crippen molar-refractivity contribution in [3.8, 4) is 0 Å². The Kier molecular flexibility index (Phi) is 5.51. The maximum absolute atomic E-state index is 11.4. The summed E-state index contributed by atoms with van der Waals surface area (Å²) >= 11 is 1.39. The van der Waals surface area contributed by atoms with Gasteiger partial charge >= 0.3 is 0 Å². The molecule has 1 N–H and O–H groups in total. The third kappa shape index (κ3) is 4.71. The summed E-state index contributed by atoms with van der Waals surface area (Å²) in [5.41, 5.74) is 0.872. The molecule has 0 bridgehead atoms. The summed E-state index contributed by atoms with van der Waals surface area (Å²) in [6.45, 7) is 3.70. The van der Waals surface area contributed by atoms with E-state index in [-0.39, 0.29) is 0 Å². The van der Waals surface area contributed by atoms with Crippen LogP contribution in [0.15, 0.2) is 5.38 Å². The van der Waals surface area contributed by atoms with Gasteiger partial charge < -0.3 is 10.1 Å². The van der Waals surface area contributed by atoms with Crippen molar-refractivity contribution in [3.63, 3.8) is 0 Å². The van der Waals surface area contributed by atoms with E-state index in [9.17, 15) is 8.42 Å². The molecule has 5 nitrogen and oxygen atoms in total. The Morgan fingerprint density at radius 3 is 2.88 bits per heavy atom. The van der Waals surface area contributed by atoms with Crippen molar-refractivity contribution in [2.45, 2.75) is 18.7 Å². The number of nitrogens with one attached hydrogen (secondary N) is 1. The lowest BCUT2D eigenvalue weighted by Gasteiger charge is -2.04. The fraction of sp³-hybridized carbons (Fsp3) is 0.700. The Balaban J connectivity index is 2.54. The van der Waals surface area contributed by atoms with Gasteiger partial charge in [-0.05, 0) is 6.92 Å². The fourth-order valence-corrected chi connectivity index (χ4v) is 3.03. The Morgan fingerprint density at radius 1 is 1.59 bits per heavy atom. The molecular weight excluding hydrogens is 260 g/mol. The molecule has 1 rings (SSSR count). The van der Waals surface area contributed by atoms with E-state index in [1.807, 2.05) is 5.38 Å². The first-order chi connectivity index (χ1) is 7.95. The van der Waals surface area contributed by atoms with Gasteiger partial charge in [-0.3, -0.25) is 0 Å². The Hall–Kier alpha value is -0.500. The highest BCUT2D eigenvalue weighted by Gasteiger charge is 2.20. The van der Waals surface area contributed by atoms with Gasteiger partial charge in [-0.2, -0.15) is 0 Å². The van der Waals surface area contributed by atoms with Crippen LogP contribution in [0, 0.1) is 0 Å². The van der Waals surface area contributed by atoms with Crippen LogP contribution in [-0.2, 0) is 21.1 Å². The number of rotatable bonds is 7. The molecular formula is C10H18N2O3S2. The molecule has 17 heavy (non-hydrogen) atoms. The van der Waals surface area contributed by atoms with Crippen LogP contribution in [0.5, 0.6) is 0 Å². The highest BCUT2D eigenvalue weighted by molar-refractivity contribution is 7.91. The zero-order valence-electron chi connectivity index (χ0n) is 10.3. The molecule has 0 fully saturated rings. The Labute approximate surface area is 106 Å². The normalized spacial score (nSPS) is 13.8. The smallest absolute Gasteiger partial charge is 0.156 e. The Morgan fingerprint density at radius 2 is 2.29 bits per heavy atom. The van der Waals surface area contributed by atoms with Gasteiger partial charge in [-0.1, -0.05) is 0 Å². The highest BCUT2D eigenvalue weighted by atomic mass is 32.2. The molecule has 0 aromatic carbocycles. The van der Waals surface area contributed by atoms with Gasteiger partial charge in [0.25, 0.3) is 0 Å². The van der Waals surface area contributed by atoms with E-state index in [0.717, 1.165) is 12.2 Å². The van der Waals surface area contributed by atoms with Crippen molar-refractivity contribution in [3.05, 3.63) is 16.1 Å². The van der Waals surface area contributed by atoms with Crippen molar-refractivity contribution in [1.29, 1.82) is 0 Å². The van der Waals surface area contributed by atoms with Gasteiger partial charge in [0.05, 0.1) is 12.3 Å². The second-order valence-corrected chi connectivity index (χ2v) is 7.07. The first kappa shape index (κ1) is 14.6. The third-order valence-corrected chi connectivity index (χ3v) is 5.08. The number of hydrogen-bond acceptors (Lipinski definition) is 6. The van der Waals surface area contributed by atoms with Crippen molar-refractivity contribution < 1.29 is 13.2 Å². The van der Waals surface area contributed by atoms with Gasteiger partial charge in [0.15, 0.2) is 9.84 Å². The second-order valence-electron chi connectivity index (χ2n) is 3.82. The van der Waals surface area contributed by atoms with Gasteiger partial charge in [0.1, 0.15) is 10.3 Å². The maximum Gasteiger partial charge on any atom is 0.156 e. The van der Waals surface area contributed by atoms with Crippen LogP contribution in [0.3, 0.4) is 0 Å². The molecule has 1 unspecified atom stereocenters. The third-order valence-electron chi connectivity index (χ3n) is 2.35. The maximum atomic E-state index is 11.4. The monoisotopic (exact) mass is 278 g/mol. The van der Waals surface area contributed by atoms with Crippen LogP contribution in [0.1, 0.15) is 22.9 Å². The summed E-state index contributed by atoms with van der Waals surface area (Å²) in [5.74, 6) is 0. The van der Waals surface area contributed by atoms with Crippen molar-refractivity contribution >= 4 is 21.2 Å². The van der Waals surface area contributed by atoms with E-state index in [2.05, 4.69) is 10.3 Å². The summed E-state index contributed by atoms with van der Waals surface area (Å²) in [5, 5.41) is 5.17. The van der Waals surface area contributed by atoms with E-state index in [0.29, 0.717) is 18.2 Å². The van der Waals surface area contributed by atoms with Crippen LogP contribution in [0.4, 0.5) is 0 Å². The summed E-state index contributed by atoms with van der Waals surface area (Å²) in [4.78, 5) is 4.31. The lowest BCUT2D eigenvalue weighted by molar-refractivity contribution is 0.199. The molecule has 1 aromatic rings. The van der Waals surface area contributed by atoms with Crippen molar-refractivity contribution in [1.82, 2.24) is 10.3 Å². The highest BCUT2D eigenvalue weighted by Crippen LogP contribution is 2.24. The minimum Gasteiger partial charge on any atom is -0.383 e. The molecule has 0 aliphatic carbocycles. The first-order valence-corrected chi connectivity index (χ1v) is 8.11. The number of sulfone groups is 1. The standard InChI is InChI=1S/C10H18N2O3S2/c1-8(17(3,13)14)10-12-9(7-16-10)6-11-4-5-15-2/h7-8,11H,4-6H2,1-3H3. The number of ether oxygens (including phenoxy) is 1. The molecule has 1 atom stereocenters. The molecule has 1 aromatic heterocycles. The number of hydrogen-bond donors (Lipinski definition) is 1. The summed E-state index contributed by atoms with van der Waals surface area (Å²) in [6.07, 6.45) is 1.23. The van der Waals surface area contributed by atoms with E-state index in [1.54, 1.807) is 14.0 Å². The minimum absolute atomic E-state index is 0.528. The van der Waals surface area contributed by atoms with E-state index >= 15 is 0 Å². The number of thiazole rings is 1. The summed E-state index contributed by atoms with van der Waals surface area (Å²) in [7, 11) is -1.41. The van der Waals surface area contributed by atoms with Crippen LogP contribution in [-0.4, -0.2) is 39.9 Å². The summed E-state index contributed by atoms with van der Waals surface area (Å²) in [6, 6.07) is 0. The zero-order valence-corrected chi connectivity index (χ0v) is 11.9. The van der Waals surface area contributed by atoms with Gasteiger partial charge in [0.2, 0.25) is 0 Å². The molecule has 0 radical (unpaired) electrons. The predicted molar refractivity (Wildman–Crippen MR) is 69.0 cm³/mol. The van der Waals surface area contributed by atoms with E-state index in [1.165, 1.54) is 17.6 Å². The lowest BCUT2D eigenvalue weighted by Crippen LogP contribution is -2.18. The van der Waals surface area contributed by atoms with Crippen LogP contribution < -0.4 is 5.32 Å². The topological polar surface area (TPSA) is 68.3 Å². The quantitative estimate of drug-likeness (QED) is 0.753. The van der Waals surface area contributed by atoms with Crippen LogP contribution in [0.25, 0.3) is 0 Å². The molecule has 7 heteroatoms. The predicted octanol–water partition coefficient (Wildman–Crippen LogP) is 0.985. The van der Waals surface area contributed by atoms with Crippen molar-refractivity contribution in [2.24, 2.45) is 0 Å². The Bertz CT molecular complexity index is 442. The molecule has 0 saturated heterocycles. The largest absolute Gasteiger partial charge is 0.383 e. The lowest BCUT2D eigenvalue weighted by atomic mass is 10.4. The molecule has 0 aliphatic rings. The molecule has 0 saturated carbocycles. The average Bonchev–Trinajstić information content (AvgIpc) is 2.70. The number of aromatic nitrogens is 1. The second kappa shape index (κ2) is 6.44. The minimum atomic E-state index is -3.06. The molecule has 0 aliphatic heterocycles. The van der Waals surface area contributed by atoms with E-state index in [4.69, 9.17) is 4.74 Å². The number of methoxy groups -OCH3 is 1. The average molecular weight is 278 g/mol. The van der Waals surface area contributed by atoms with E-state index < -0.39 is 15.1 Å². The molecule has 1 heterocycles. The SMILES string of the molecule is COCCNCc1csc(C(C)S(C)(=O)=O)n1. The van der Waals surface area contributed by atoms with Gasteiger partial charge in [0, 0.05) is 31.8 Å². The van der Waals surface area contributed by atoms with Crippen LogP contribution in [0.2, 0.25) is 0 Å². The van der Waals surface area contributed by atoms with Gasteiger partial charge in [-0.15, -0.1) is 11.3 Å². The van der Waals surface area contributed by atoms with Crippen molar-refractivity contribution in [2.75, 3.05) is 26.5 Å². The molecule has 0 amide bonds. The van der Waals surface area contributed by atoms with Gasteiger partial charge in [-0.25, -0.2) is 13.4 Å².